The maximum Gasteiger partial charge on any atom is 0.305 e. The highest BCUT2D eigenvalue weighted by Gasteiger charge is 2.44. The van der Waals surface area contributed by atoms with Gasteiger partial charge in [-0.25, -0.2) is 4.98 Å². The standard InChI is InChI=1S/C55H78IN13O14S2/c1-30(2)17-39-49(77)61-31(3)27-84-85-28-44(55(83)69-25-37(72)22-45(69)54(82)66-41(20-35-11-12-46(73)38(56)18-35)51(79)65-43(23-48(75)76)53(81)63-39)67-52(80)42(21-36-24-57-29-60-36)64-50(78)40(19-34-9-7-6-8-10-34)62-47(74)26-68(15-13-58-32(4)70)16-14-59-33(5)71/h6-12,18,24,29-31,37,39-45,50,64,72-73,78H,13-17,19-23,25-28H2,1-5H3,(H,57,60)(H,58,70)(H,59,71)(H,61,77)(H,62,74)(H,63,81)(H,65,79)(H,66,82)(H,67,80)(H,75,76)/t31-,37?,39+,40+,41+,42+,43+,44+,45+,50+/m1/s1. The molecule has 9 amide bonds. The number of carbonyl (C=O) groups excluding carboxylic acids is 9. The third kappa shape index (κ3) is 23.7. The smallest absolute Gasteiger partial charge is 0.305 e. The van der Waals surface area contributed by atoms with Crippen molar-refractivity contribution in [3.63, 3.8) is 0 Å². The number of aliphatic hydroxyl groups excluding tert-OH is 2. The fourth-order valence-electron chi connectivity index (χ4n) is 9.41. The molecule has 0 saturated carbocycles. The summed E-state index contributed by atoms with van der Waals surface area (Å²) in [5.41, 5.74) is 1.57. The minimum absolute atomic E-state index is 0.0677. The Hall–Kier alpha value is -6.58. The van der Waals surface area contributed by atoms with Crippen LogP contribution in [0.2, 0.25) is 0 Å². The van der Waals surface area contributed by atoms with Gasteiger partial charge in [-0.05, 0) is 71.5 Å². The molecule has 30 heteroatoms. The number of amides is 9. The fraction of sp³-hybridized carbons (Fsp3) is 0.545. The summed E-state index contributed by atoms with van der Waals surface area (Å²) >= 11 is 1.87. The van der Waals surface area contributed by atoms with E-state index in [2.05, 4.69) is 57.8 Å². The van der Waals surface area contributed by atoms with Gasteiger partial charge in [0.25, 0.3) is 0 Å². The molecule has 0 spiro atoms. The van der Waals surface area contributed by atoms with Crippen molar-refractivity contribution in [2.75, 3.05) is 50.8 Å². The Labute approximate surface area is 514 Å². The van der Waals surface area contributed by atoms with Crippen molar-refractivity contribution in [3.05, 3.63) is 81.4 Å². The molecule has 2 aliphatic heterocycles. The molecule has 0 aliphatic carbocycles. The summed E-state index contributed by atoms with van der Waals surface area (Å²) in [7, 11) is 2.38. The van der Waals surface area contributed by atoms with E-state index in [1.54, 1.807) is 48.2 Å². The average Bonchev–Trinajstić information content (AvgIpc) is 3.80. The number of halogens is 1. The number of aliphatic hydroxyl groups is 2. The minimum Gasteiger partial charge on any atom is -0.507 e. The molecule has 2 aliphatic rings. The number of fused-ring (bicyclic) bond motifs is 1. The summed E-state index contributed by atoms with van der Waals surface area (Å²) in [5, 5.41) is 68.1. The van der Waals surface area contributed by atoms with Crippen LogP contribution in [0.4, 0.5) is 0 Å². The number of carboxylic acid groups (broad SMARTS) is 1. The minimum atomic E-state index is -1.74. The number of carboxylic acids is 1. The lowest BCUT2D eigenvalue weighted by molar-refractivity contribution is -0.142. The van der Waals surface area contributed by atoms with E-state index < -0.39 is 114 Å². The summed E-state index contributed by atoms with van der Waals surface area (Å²) < 4.78 is 0.391. The summed E-state index contributed by atoms with van der Waals surface area (Å²) in [5.74, 6) is -7.79. The van der Waals surface area contributed by atoms with Gasteiger partial charge in [0.15, 0.2) is 0 Å². The normalized spacial score (nSPS) is 22.2. The number of nitrogens with one attached hydrogen (secondary N) is 10. The number of hydrogen-bond donors (Lipinski definition) is 14. The summed E-state index contributed by atoms with van der Waals surface area (Å²) in [6.07, 6.45) is -1.49. The maximum absolute atomic E-state index is 15.1. The first-order valence-electron chi connectivity index (χ1n) is 27.7. The van der Waals surface area contributed by atoms with Crippen LogP contribution in [0.3, 0.4) is 0 Å². The number of aromatic nitrogens is 2. The van der Waals surface area contributed by atoms with Gasteiger partial charge >= 0.3 is 5.97 Å². The summed E-state index contributed by atoms with van der Waals surface area (Å²) in [4.78, 5) is 146. The van der Waals surface area contributed by atoms with Crippen LogP contribution in [0.5, 0.6) is 5.75 Å². The Bertz CT molecular complexity index is 2750. The predicted molar refractivity (Wildman–Crippen MR) is 324 cm³/mol. The molecule has 27 nitrogen and oxygen atoms in total. The zero-order valence-corrected chi connectivity index (χ0v) is 51.7. The molecule has 85 heavy (non-hydrogen) atoms. The van der Waals surface area contributed by atoms with Crippen molar-refractivity contribution in [1.29, 1.82) is 0 Å². The number of H-pyrrole nitrogens is 1. The van der Waals surface area contributed by atoms with Crippen LogP contribution in [0.1, 0.15) is 70.7 Å². The molecule has 3 aromatic rings. The maximum atomic E-state index is 15.1. The van der Waals surface area contributed by atoms with Crippen molar-refractivity contribution in [2.45, 2.75) is 134 Å². The third-order valence-corrected chi connectivity index (χ3v) is 17.1. The first-order chi connectivity index (χ1) is 40.3. The van der Waals surface area contributed by atoms with Crippen molar-refractivity contribution in [2.24, 2.45) is 5.92 Å². The molecular formula is C55H78IN13O14S2. The highest BCUT2D eigenvalue weighted by Crippen LogP contribution is 2.27. The number of carbonyl (C=O) groups is 10. The van der Waals surface area contributed by atoms with E-state index in [1.165, 1.54) is 49.3 Å². The molecule has 14 N–H and O–H groups in total. The number of imidazole rings is 1. The predicted octanol–water partition coefficient (Wildman–Crippen LogP) is -1.60. The van der Waals surface area contributed by atoms with Crippen LogP contribution in [-0.2, 0) is 67.2 Å². The molecule has 2 aromatic carbocycles. The highest BCUT2D eigenvalue weighted by atomic mass is 127. The van der Waals surface area contributed by atoms with Gasteiger partial charge < -0.3 is 72.8 Å². The monoisotopic (exact) mass is 1340 g/mol. The molecule has 1 unspecified atom stereocenters. The lowest BCUT2D eigenvalue weighted by atomic mass is 10.0. The van der Waals surface area contributed by atoms with Crippen LogP contribution >= 0.6 is 44.2 Å². The van der Waals surface area contributed by atoms with E-state index in [0.717, 1.165) is 15.7 Å². The van der Waals surface area contributed by atoms with Gasteiger partial charge in [-0.3, -0.25) is 58.2 Å². The third-order valence-electron chi connectivity index (χ3n) is 13.6. The Morgan fingerprint density at radius 2 is 1.47 bits per heavy atom. The molecule has 3 heterocycles. The number of aromatic hydroxyl groups is 1. The van der Waals surface area contributed by atoms with Gasteiger partial charge in [-0.1, -0.05) is 71.8 Å². The number of phenolic OH excluding ortho intramolecular Hbond substituents is 1. The second-order valence-corrected chi connectivity index (χ2v) is 25.1. The van der Waals surface area contributed by atoms with Gasteiger partial charge in [0.2, 0.25) is 53.2 Å². The van der Waals surface area contributed by atoms with Crippen molar-refractivity contribution >= 4 is 103 Å². The number of rotatable bonds is 24. The van der Waals surface area contributed by atoms with E-state index >= 15 is 4.79 Å². The zero-order valence-electron chi connectivity index (χ0n) is 47.9. The molecule has 0 radical (unpaired) electrons. The van der Waals surface area contributed by atoms with Crippen molar-refractivity contribution in [3.8, 4) is 5.75 Å². The molecule has 2 fully saturated rings. The number of aliphatic carboxylic acids is 1. The molecule has 466 valence electrons. The van der Waals surface area contributed by atoms with E-state index in [-0.39, 0.29) is 106 Å². The highest BCUT2D eigenvalue weighted by molar-refractivity contribution is 14.1. The molecular weight excluding hydrogens is 1260 g/mol. The number of nitrogens with zero attached hydrogens (tertiary/aromatic N) is 3. The van der Waals surface area contributed by atoms with E-state index in [4.69, 9.17) is 0 Å². The van der Waals surface area contributed by atoms with Crippen molar-refractivity contribution < 1.29 is 68.4 Å². The Kier molecular flexibility index (Phi) is 28.1. The Balaban J connectivity index is 1.49. The van der Waals surface area contributed by atoms with Gasteiger partial charge in [0.05, 0.1) is 41.1 Å². The van der Waals surface area contributed by atoms with Crippen LogP contribution in [0.25, 0.3) is 0 Å². The van der Waals surface area contributed by atoms with Crippen molar-refractivity contribution in [1.82, 2.24) is 67.6 Å². The fourth-order valence-corrected chi connectivity index (χ4v) is 12.4. The molecule has 2 saturated heterocycles. The summed E-state index contributed by atoms with van der Waals surface area (Å²) in [6, 6.07) is 2.99. The molecule has 1 aromatic heterocycles. The lowest BCUT2D eigenvalue weighted by Gasteiger charge is -2.32. The van der Waals surface area contributed by atoms with Crippen LogP contribution in [-0.4, -0.2) is 211 Å². The topological polar surface area (TPSA) is 395 Å². The van der Waals surface area contributed by atoms with E-state index in [0.29, 0.717) is 20.4 Å². The van der Waals surface area contributed by atoms with Gasteiger partial charge in [0, 0.05) is 95.3 Å². The first kappa shape index (κ1) is 69.2. The lowest BCUT2D eigenvalue weighted by Crippen LogP contribution is -2.61. The summed E-state index contributed by atoms with van der Waals surface area (Å²) in [6.45, 7) is 8.35. The van der Waals surface area contributed by atoms with Gasteiger partial charge in [-0.15, -0.1) is 0 Å². The molecule has 0 bridgehead atoms. The second-order valence-electron chi connectivity index (χ2n) is 21.4. The quantitative estimate of drug-likeness (QED) is 0.0273. The first-order valence-corrected chi connectivity index (χ1v) is 31.3. The van der Waals surface area contributed by atoms with Crippen LogP contribution in [0, 0.1) is 9.49 Å². The zero-order chi connectivity index (χ0) is 62.3. The molecule has 5 rings (SSSR count). The second kappa shape index (κ2) is 34.5. The Morgan fingerprint density at radius 1 is 0.835 bits per heavy atom. The number of benzene rings is 2. The van der Waals surface area contributed by atoms with Gasteiger partial charge in [-0.2, -0.15) is 0 Å². The number of phenols is 1. The van der Waals surface area contributed by atoms with Crippen LogP contribution in [0.15, 0.2) is 61.1 Å². The van der Waals surface area contributed by atoms with E-state index in [9.17, 15) is 63.6 Å². The van der Waals surface area contributed by atoms with Gasteiger partial charge in [0.1, 0.15) is 42.2 Å². The Morgan fingerprint density at radius 3 is 2.09 bits per heavy atom. The largest absolute Gasteiger partial charge is 0.507 e. The van der Waals surface area contributed by atoms with Crippen LogP contribution < -0.4 is 47.9 Å². The molecule has 10 atom stereocenters. The van der Waals surface area contributed by atoms with E-state index in [1.807, 2.05) is 36.4 Å². The number of aromatic amines is 1. The average molecular weight is 1340 g/mol. The SMILES string of the molecule is CC(=O)NCCN(CCNC(C)=O)CC(=O)N[C@@H](Cc1ccccc1)[C@H](O)N[C@@H](Cc1cnc[nH]1)C(=O)N[C@H]1CSSC[C@@H](C)NC(=O)[C@H](CC(C)C)NC(=O)[C@H](CC(=O)O)NC(=O)[C@H](Cc2ccc(O)c(I)c2)NC(=O)[C@@H]2CC(O)CN2C1=O. The number of hydrogen-bond acceptors (Lipinski definition) is 18.